The molecule has 0 saturated carbocycles. The lowest BCUT2D eigenvalue weighted by Crippen LogP contribution is -2.34. The first-order valence-corrected chi connectivity index (χ1v) is 7.51. The molecule has 0 aromatic heterocycles. The van der Waals surface area contributed by atoms with E-state index in [9.17, 15) is 0 Å². The number of benzene rings is 1. The molecule has 106 valence electrons. The molecule has 1 aliphatic rings. The Morgan fingerprint density at radius 1 is 1.21 bits per heavy atom. The van der Waals surface area contributed by atoms with Crippen LogP contribution in [0.15, 0.2) is 18.2 Å². The zero-order chi connectivity index (χ0) is 14.0. The number of hydrogen-bond acceptors (Lipinski definition) is 2. The van der Waals surface area contributed by atoms with Crippen LogP contribution < -0.4 is 5.32 Å². The monoisotopic (exact) mass is 260 g/mol. The van der Waals surface area contributed by atoms with E-state index in [-0.39, 0.29) is 0 Å². The Morgan fingerprint density at radius 3 is 2.37 bits per heavy atom. The summed E-state index contributed by atoms with van der Waals surface area (Å²) in [6.07, 6.45) is 1.30. The van der Waals surface area contributed by atoms with Crippen molar-refractivity contribution in [2.24, 2.45) is 5.92 Å². The summed E-state index contributed by atoms with van der Waals surface area (Å²) in [5.74, 6) is 0.730. The number of nitrogens with zero attached hydrogens (tertiary/aromatic N) is 1. The number of nitrogens with one attached hydrogen (secondary N) is 1. The van der Waals surface area contributed by atoms with Crippen LogP contribution in [0.3, 0.4) is 0 Å². The third-order valence-electron chi connectivity index (χ3n) is 4.28. The first-order valence-electron chi connectivity index (χ1n) is 7.51. The van der Waals surface area contributed by atoms with Crippen molar-refractivity contribution >= 4 is 0 Å². The standard InChI is InChI=1S/C17H28N2/c1-12(2)19-7-6-15(11-18-5)17(19)16-9-13(3)8-14(4)10-16/h8-10,12,15,17-18H,6-7,11H2,1-5H3. The van der Waals surface area contributed by atoms with Crippen LogP contribution >= 0.6 is 0 Å². The minimum atomic E-state index is 0.575. The van der Waals surface area contributed by atoms with Crippen molar-refractivity contribution < 1.29 is 0 Å². The Kier molecular flexibility index (Phi) is 4.64. The minimum Gasteiger partial charge on any atom is -0.319 e. The van der Waals surface area contributed by atoms with Crippen molar-refractivity contribution in [2.45, 2.75) is 46.2 Å². The SMILES string of the molecule is CNCC1CCN(C(C)C)C1c1cc(C)cc(C)c1. The number of likely N-dealkylation sites (tertiary alicyclic amines) is 1. The van der Waals surface area contributed by atoms with E-state index < -0.39 is 0 Å². The smallest absolute Gasteiger partial charge is 0.0391 e. The fourth-order valence-electron chi connectivity index (χ4n) is 3.58. The van der Waals surface area contributed by atoms with Crippen LogP contribution in [-0.4, -0.2) is 31.1 Å². The van der Waals surface area contributed by atoms with E-state index in [1.807, 2.05) is 0 Å². The van der Waals surface area contributed by atoms with Gasteiger partial charge in [0.1, 0.15) is 0 Å². The second-order valence-corrected chi connectivity index (χ2v) is 6.30. The minimum absolute atomic E-state index is 0.575. The summed E-state index contributed by atoms with van der Waals surface area (Å²) in [6.45, 7) is 11.4. The Bertz CT molecular complexity index is 405. The molecule has 1 aromatic rings. The zero-order valence-electron chi connectivity index (χ0n) is 13.0. The lowest BCUT2D eigenvalue weighted by atomic mass is 9.91. The van der Waals surface area contributed by atoms with Gasteiger partial charge in [-0.15, -0.1) is 0 Å². The third-order valence-corrected chi connectivity index (χ3v) is 4.28. The molecule has 1 N–H and O–H groups in total. The van der Waals surface area contributed by atoms with E-state index in [1.165, 1.54) is 29.7 Å². The van der Waals surface area contributed by atoms with Crippen LogP contribution in [-0.2, 0) is 0 Å². The Labute approximate surface area is 118 Å². The van der Waals surface area contributed by atoms with Gasteiger partial charge in [-0.1, -0.05) is 29.3 Å². The van der Waals surface area contributed by atoms with E-state index in [4.69, 9.17) is 0 Å². The number of rotatable bonds is 4. The summed E-state index contributed by atoms with van der Waals surface area (Å²) in [4.78, 5) is 2.66. The van der Waals surface area contributed by atoms with Crippen LogP contribution in [0.4, 0.5) is 0 Å². The average molecular weight is 260 g/mol. The second kappa shape index (κ2) is 6.06. The molecule has 0 spiro atoms. The zero-order valence-corrected chi connectivity index (χ0v) is 13.0. The van der Waals surface area contributed by atoms with Gasteiger partial charge in [0.25, 0.3) is 0 Å². The van der Waals surface area contributed by atoms with Gasteiger partial charge in [-0.05, 0) is 65.7 Å². The highest BCUT2D eigenvalue weighted by Crippen LogP contribution is 2.38. The molecule has 2 heteroatoms. The fraction of sp³-hybridized carbons (Fsp3) is 0.647. The summed E-state index contributed by atoms with van der Waals surface area (Å²) in [5.41, 5.74) is 4.27. The van der Waals surface area contributed by atoms with Crippen molar-refractivity contribution in [3.05, 3.63) is 34.9 Å². The molecule has 1 aliphatic heterocycles. The maximum atomic E-state index is 3.37. The number of aryl methyl sites for hydroxylation is 2. The van der Waals surface area contributed by atoms with Crippen molar-refractivity contribution in [2.75, 3.05) is 20.1 Å². The van der Waals surface area contributed by atoms with E-state index >= 15 is 0 Å². The van der Waals surface area contributed by atoms with Crippen LogP contribution in [0.2, 0.25) is 0 Å². The molecule has 1 heterocycles. The molecule has 0 bridgehead atoms. The lowest BCUT2D eigenvalue weighted by molar-refractivity contribution is 0.182. The fourth-order valence-corrected chi connectivity index (χ4v) is 3.58. The average Bonchev–Trinajstić information content (AvgIpc) is 2.72. The predicted molar refractivity (Wildman–Crippen MR) is 82.5 cm³/mol. The van der Waals surface area contributed by atoms with Gasteiger partial charge in [0.05, 0.1) is 0 Å². The van der Waals surface area contributed by atoms with Gasteiger partial charge in [-0.3, -0.25) is 4.90 Å². The van der Waals surface area contributed by atoms with Crippen molar-refractivity contribution in [1.82, 2.24) is 10.2 Å². The first-order chi connectivity index (χ1) is 9.02. The summed E-state index contributed by atoms with van der Waals surface area (Å²) in [5, 5.41) is 3.37. The van der Waals surface area contributed by atoms with Crippen LogP contribution in [0, 0.1) is 19.8 Å². The van der Waals surface area contributed by atoms with Crippen molar-refractivity contribution in [1.29, 1.82) is 0 Å². The summed E-state index contributed by atoms with van der Waals surface area (Å²) < 4.78 is 0. The Balaban J connectivity index is 2.34. The van der Waals surface area contributed by atoms with Gasteiger partial charge < -0.3 is 5.32 Å². The first kappa shape index (κ1) is 14.5. The quantitative estimate of drug-likeness (QED) is 0.893. The molecular formula is C17H28N2. The summed E-state index contributed by atoms with van der Waals surface area (Å²) in [6, 6.07) is 8.21. The topological polar surface area (TPSA) is 15.3 Å². The second-order valence-electron chi connectivity index (χ2n) is 6.30. The highest BCUT2D eigenvalue weighted by atomic mass is 15.2. The summed E-state index contributed by atoms with van der Waals surface area (Å²) >= 11 is 0. The van der Waals surface area contributed by atoms with E-state index in [0.717, 1.165) is 12.5 Å². The van der Waals surface area contributed by atoms with Crippen molar-refractivity contribution in [3.8, 4) is 0 Å². The Hall–Kier alpha value is -0.860. The highest BCUT2D eigenvalue weighted by Gasteiger charge is 2.36. The molecule has 2 rings (SSSR count). The van der Waals surface area contributed by atoms with E-state index in [1.54, 1.807) is 0 Å². The largest absolute Gasteiger partial charge is 0.319 e. The molecule has 1 fully saturated rings. The normalized spacial score (nSPS) is 24.3. The molecule has 19 heavy (non-hydrogen) atoms. The molecule has 0 aliphatic carbocycles. The van der Waals surface area contributed by atoms with Gasteiger partial charge in [-0.2, -0.15) is 0 Å². The predicted octanol–water partition coefficient (Wildman–Crippen LogP) is 3.29. The third kappa shape index (κ3) is 3.18. The summed E-state index contributed by atoms with van der Waals surface area (Å²) in [7, 11) is 2.07. The van der Waals surface area contributed by atoms with Crippen LogP contribution in [0.1, 0.15) is 43.0 Å². The van der Waals surface area contributed by atoms with Gasteiger partial charge in [0.2, 0.25) is 0 Å². The Morgan fingerprint density at radius 2 is 1.84 bits per heavy atom. The van der Waals surface area contributed by atoms with E-state index in [2.05, 4.69) is 63.2 Å². The molecule has 2 nitrogen and oxygen atoms in total. The molecule has 2 unspecified atom stereocenters. The van der Waals surface area contributed by atoms with Crippen molar-refractivity contribution in [3.63, 3.8) is 0 Å². The molecule has 0 amide bonds. The maximum absolute atomic E-state index is 3.37. The molecular weight excluding hydrogens is 232 g/mol. The highest BCUT2D eigenvalue weighted by molar-refractivity contribution is 5.32. The molecule has 1 saturated heterocycles. The van der Waals surface area contributed by atoms with Crippen LogP contribution in [0.25, 0.3) is 0 Å². The van der Waals surface area contributed by atoms with Crippen LogP contribution in [0.5, 0.6) is 0 Å². The maximum Gasteiger partial charge on any atom is 0.0391 e. The van der Waals surface area contributed by atoms with E-state index in [0.29, 0.717) is 12.1 Å². The molecule has 2 atom stereocenters. The van der Waals surface area contributed by atoms with Gasteiger partial charge in [0, 0.05) is 12.1 Å². The molecule has 0 radical (unpaired) electrons. The lowest BCUT2D eigenvalue weighted by Gasteiger charge is -2.32. The number of hydrogen-bond donors (Lipinski definition) is 1. The van der Waals surface area contributed by atoms with Gasteiger partial charge >= 0.3 is 0 Å². The van der Waals surface area contributed by atoms with Gasteiger partial charge in [0.15, 0.2) is 0 Å². The van der Waals surface area contributed by atoms with Gasteiger partial charge in [-0.25, -0.2) is 0 Å². The molecule has 1 aromatic carbocycles.